The number of carboxylic acid groups (broad SMARTS) is 1. The molecule has 9 heavy (non-hydrogen) atoms. The summed E-state index contributed by atoms with van der Waals surface area (Å²) >= 11 is 3.82. The molecule has 2 unspecified atom stereocenters. The predicted molar refractivity (Wildman–Crippen MR) is 41.7 cm³/mol. The van der Waals surface area contributed by atoms with Crippen molar-refractivity contribution in [2.45, 2.75) is 18.2 Å². The molecule has 0 aliphatic rings. The molecule has 0 bridgehead atoms. The summed E-state index contributed by atoms with van der Waals surface area (Å²) in [4.78, 5) is 10.1. The molecule has 0 heterocycles. The average Bonchev–Trinajstić information content (AvgIpc) is 1.84. The zero-order valence-electron chi connectivity index (χ0n) is 4.94. The maximum Gasteiger partial charge on any atom is 0.321 e. The number of carbonyl (C=O) groups is 1. The highest BCUT2D eigenvalue weighted by atomic mass is 33.1. The van der Waals surface area contributed by atoms with E-state index in [1.807, 2.05) is 0 Å². The summed E-state index contributed by atoms with van der Waals surface area (Å²) in [7, 11) is 1.15. The van der Waals surface area contributed by atoms with Crippen molar-refractivity contribution >= 4 is 28.4 Å². The first kappa shape index (κ1) is 9.13. The molecular formula is C4H9NO2S2. The van der Waals surface area contributed by atoms with Gasteiger partial charge in [-0.1, -0.05) is 17.7 Å². The Kier molecular flexibility index (Phi) is 4.09. The van der Waals surface area contributed by atoms with Crippen LogP contribution in [0.4, 0.5) is 0 Å². The van der Waals surface area contributed by atoms with Crippen molar-refractivity contribution in [2.75, 3.05) is 0 Å². The standard InChI is InChI=1S/C4H9NO2S2/c1-2(9-8)3(5)4(6)7/h2-3,8H,5H2,1H3,(H,6,7). The molecule has 2 atom stereocenters. The van der Waals surface area contributed by atoms with Crippen molar-refractivity contribution in [1.29, 1.82) is 0 Å². The van der Waals surface area contributed by atoms with Gasteiger partial charge in [-0.3, -0.25) is 4.79 Å². The van der Waals surface area contributed by atoms with Gasteiger partial charge in [-0.05, 0) is 0 Å². The van der Waals surface area contributed by atoms with E-state index in [1.54, 1.807) is 6.92 Å². The number of carboxylic acids is 1. The lowest BCUT2D eigenvalue weighted by atomic mass is 10.2. The van der Waals surface area contributed by atoms with E-state index in [2.05, 4.69) is 11.7 Å². The van der Waals surface area contributed by atoms with E-state index in [1.165, 1.54) is 0 Å². The zero-order chi connectivity index (χ0) is 7.44. The Morgan fingerprint density at radius 3 is 2.44 bits per heavy atom. The smallest absolute Gasteiger partial charge is 0.321 e. The molecule has 0 saturated carbocycles. The van der Waals surface area contributed by atoms with Crippen molar-refractivity contribution in [1.82, 2.24) is 0 Å². The van der Waals surface area contributed by atoms with Crippen LogP contribution in [0.3, 0.4) is 0 Å². The van der Waals surface area contributed by atoms with Gasteiger partial charge in [-0.25, -0.2) is 0 Å². The third-order valence-electron chi connectivity index (χ3n) is 0.957. The van der Waals surface area contributed by atoms with E-state index >= 15 is 0 Å². The van der Waals surface area contributed by atoms with Crippen molar-refractivity contribution in [2.24, 2.45) is 5.73 Å². The summed E-state index contributed by atoms with van der Waals surface area (Å²) in [6.07, 6.45) is 0. The van der Waals surface area contributed by atoms with Gasteiger partial charge in [0.25, 0.3) is 0 Å². The molecule has 3 nitrogen and oxygen atoms in total. The van der Waals surface area contributed by atoms with Crippen molar-refractivity contribution in [3.8, 4) is 0 Å². The van der Waals surface area contributed by atoms with Crippen LogP contribution in [0.15, 0.2) is 0 Å². The maximum atomic E-state index is 10.1. The summed E-state index contributed by atoms with van der Waals surface area (Å²) < 4.78 is 0. The fraction of sp³-hybridized carbons (Fsp3) is 0.750. The minimum atomic E-state index is -0.982. The Morgan fingerprint density at radius 2 is 2.33 bits per heavy atom. The molecule has 0 amide bonds. The van der Waals surface area contributed by atoms with Gasteiger partial charge in [-0.15, -0.1) is 11.7 Å². The molecule has 0 aromatic carbocycles. The molecule has 0 radical (unpaired) electrons. The van der Waals surface area contributed by atoms with Gasteiger partial charge in [0.15, 0.2) is 0 Å². The molecule has 0 aliphatic heterocycles. The van der Waals surface area contributed by atoms with E-state index in [0.29, 0.717) is 0 Å². The second-order valence-corrected chi connectivity index (χ2v) is 3.26. The highest BCUT2D eigenvalue weighted by Crippen LogP contribution is 2.16. The monoisotopic (exact) mass is 167 g/mol. The molecule has 0 aliphatic carbocycles. The number of rotatable bonds is 3. The molecular weight excluding hydrogens is 158 g/mol. The summed E-state index contributed by atoms with van der Waals surface area (Å²) in [5.41, 5.74) is 5.20. The molecule has 0 spiro atoms. The quantitative estimate of drug-likeness (QED) is 0.419. The third kappa shape index (κ3) is 2.98. The topological polar surface area (TPSA) is 63.3 Å². The lowest BCUT2D eigenvalue weighted by Gasteiger charge is -2.10. The van der Waals surface area contributed by atoms with Crippen LogP contribution in [0.1, 0.15) is 6.92 Å². The van der Waals surface area contributed by atoms with E-state index in [9.17, 15) is 4.79 Å². The normalized spacial score (nSPS) is 16.8. The summed E-state index contributed by atoms with van der Waals surface area (Å²) in [6, 6.07) is -0.813. The summed E-state index contributed by atoms with van der Waals surface area (Å²) in [6.45, 7) is 1.72. The van der Waals surface area contributed by atoms with Crippen LogP contribution in [0.25, 0.3) is 0 Å². The van der Waals surface area contributed by atoms with Gasteiger partial charge >= 0.3 is 5.97 Å². The number of thiol groups is 1. The largest absolute Gasteiger partial charge is 0.480 e. The first-order valence-electron chi connectivity index (χ1n) is 2.38. The lowest BCUT2D eigenvalue weighted by Crippen LogP contribution is -2.37. The molecule has 54 valence electrons. The lowest BCUT2D eigenvalue weighted by molar-refractivity contribution is -0.138. The Labute approximate surface area is 62.8 Å². The molecule has 0 aromatic heterocycles. The van der Waals surface area contributed by atoms with Crippen LogP contribution in [-0.2, 0) is 4.79 Å². The van der Waals surface area contributed by atoms with Crippen LogP contribution in [-0.4, -0.2) is 22.4 Å². The van der Waals surface area contributed by atoms with Gasteiger partial charge in [0.2, 0.25) is 0 Å². The SMILES string of the molecule is CC(SS)C(N)C(=O)O. The van der Waals surface area contributed by atoms with E-state index < -0.39 is 12.0 Å². The second-order valence-electron chi connectivity index (χ2n) is 1.67. The number of hydrogen-bond donors (Lipinski definition) is 3. The first-order valence-corrected chi connectivity index (χ1v) is 4.31. The highest BCUT2D eigenvalue weighted by Gasteiger charge is 2.18. The highest BCUT2D eigenvalue weighted by molar-refractivity contribution is 8.68. The minimum Gasteiger partial charge on any atom is -0.480 e. The molecule has 0 fully saturated rings. The Balaban J connectivity index is 3.72. The maximum absolute atomic E-state index is 10.1. The minimum absolute atomic E-state index is 0.147. The third-order valence-corrected chi connectivity index (χ3v) is 2.58. The Bertz CT molecular complexity index is 109. The fourth-order valence-corrected chi connectivity index (χ4v) is 0.907. The van der Waals surface area contributed by atoms with Crippen LogP contribution in [0.2, 0.25) is 0 Å². The van der Waals surface area contributed by atoms with Crippen molar-refractivity contribution in [3.63, 3.8) is 0 Å². The van der Waals surface area contributed by atoms with Crippen LogP contribution < -0.4 is 5.73 Å². The summed E-state index contributed by atoms with van der Waals surface area (Å²) in [5.74, 6) is -0.982. The Hall–Kier alpha value is 0.130. The molecule has 0 rings (SSSR count). The van der Waals surface area contributed by atoms with Gasteiger partial charge in [0.1, 0.15) is 6.04 Å². The molecule has 3 N–H and O–H groups in total. The van der Waals surface area contributed by atoms with E-state index in [4.69, 9.17) is 10.8 Å². The molecule has 5 heteroatoms. The van der Waals surface area contributed by atoms with E-state index in [0.717, 1.165) is 10.8 Å². The summed E-state index contributed by atoms with van der Waals surface area (Å²) in [5, 5.41) is 8.16. The van der Waals surface area contributed by atoms with E-state index in [-0.39, 0.29) is 5.25 Å². The van der Waals surface area contributed by atoms with Gasteiger partial charge in [0.05, 0.1) is 0 Å². The average molecular weight is 167 g/mol. The van der Waals surface area contributed by atoms with Crippen molar-refractivity contribution < 1.29 is 9.90 Å². The zero-order valence-corrected chi connectivity index (χ0v) is 6.65. The molecule has 0 aromatic rings. The van der Waals surface area contributed by atoms with Crippen LogP contribution >= 0.6 is 22.5 Å². The number of nitrogens with two attached hydrogens (primary N) is 1. The van der Waals surface area contributed by atoms with Crippen LogP contribution in [0.5, 0.6) is 0 Å². The van der Waals surface area contributed by atoms with Crippen molar-refractivity contribution in [3.05, 3.63) is 0 Å². The number of hydrogen-bond acceptors (Lipinski definition) is 4. The fourth-order valence-electron chi connectivity index (χ4n) is 0.266. The van der Waals surface area contributed by atoms with Gasteiger partial charge < -0.3 is 10.8 Å². The van der Waals surface area contributed by atoms with Gasteiger partial charge in [0, 0.05) is 5.25 Å². The number of aliphatic carboxylic acids is 1. The van der Waals surface area contributed by atoms with Gasteiger partial charge in [-0.2, -0.15) is 0 Å². The first-order chi connectivity index (χ1) is 4.09. The second kappa shape index (κ2) is 4.03. The molecule has 0 saturated heterocycles. The Morgan fingerprint density at radius 1 is 1.89 bits per heavy atom. The predicted octanol–water partition coefficient (Wildman–Crippen LogP) is 0.365. The van der Waals surface area contributed by atoms with Crippen LogP contribution in [0, 0.1) is 0 Å².